The highest BCUT2D eigenvalue weighted by Crippen LogP contribution is 2.28. The molecule has 0 N–H and O–H groups in total. The van der Waals surface area contributed by atoms with Crippen LogP contribution < -0.4 is 0 Å². The van der Waals surface area contributed by atoms with Gasteiger partial charge in [-0.05, 0) is 19.3 Å². The first-order valence-electron chi connectivity index (χ1n) is 5.20. The van der Waals surface area contributed by atoms with Gasteiger partial charge in [0.05, 0.1) is 14.2 Å². The van der Waals surface area contributed by atoms with Crippen molar-refractivity contribution in [2.45, 2.75) is 31.3 Å². The molecule has 0 radical (unpaired) electrons. The van der Waals surface area contributed by atoms with E-state index >= 15 is 0 Å². The van der Waals surface area contributed by atoms with Crippen LogP contribution in [0, 0.1) is 0 Å². The summed E-state index contributed by atoms with van der Waals surface area (Å²) >= 11 is 0. The van der Waals surface area contributed by atoms with Crippen LogP contribution in [0.4, 0.5) is 4.79 Å². The Morgan fingerprint density at radius 2 is 2.06 bits per heavy atom. The van der Waals surface area contributed by atoms with Crippen LogP contribution in [-0.2, 0) is 14.3 Å². The van der Waals surface area contributed by atoms with Gasteiger partial charge < -0.3 is 9.47 Å². The highest BCUT2D eigenvalue weighted by Gasteiger charge is 2.41. The van der Waals surface area contributed by atoms with Gasteiger partial charge in [0.25, 0.3) is 0 Å². The summed E-state index contributed by atoms with van der Waals surface area (Å²) in [4.78, 5) is 24.5. The molecule has 2 atom stereocenters. The van der Waals surface area contributed by atoms with Gasteiger partial charge in [0.1, 0.15) is 6.04 Å². The van der Waals surface area contributed by atoms with E-state index in [1.54, 1.807) is 6.08 Å². The van der Waals surface area contributed by atoms with Crippen molar-refractivity contribution in [1.29, 1.82) is 0 Å². The van der Waals surface area contributed by atoms with Gasteiger partial charge in [0.15, 0.2) is 0 Å². The summed E-state index contributed by atoms with van der Waals surface area (Å²) in [6, 6.07) is -0.545. The molecule has 0 saturated carbocycles. The number of amides is 1. The largest absolute Gasteiger partial charge is 0.467 e. The maximum atomic E-state index is 11.6. The Balaban J connectivity index is 2.82. The van der Waals surface area contributed by atoms with E-state index in [0.29, 0.717) is 12.8 Å². The monoisotopic (exact) mass is 227 g/mol. The molecule has 0 aromatic carbocycles. The number of hydrogen-bond donors (Lipinski definition) is 0. The minimum atomic E-state index is -0.526. The molecule has 1 saturated heterocycles. The Kier molecular flexibility index (Phi) is 4.34. The predicted octanol–water partition coefficient (Wildman–Crippen LogP) is 1.33. The summed E-state index contributed by atoms with van der Waals surface area (Å²) in [6.07, 6.45) is 3.28. The highest BCUT2D eigenvalue weighted by molar-refractivity contribution is 5.82. The topological polar surface area (TPSA) is 55.8 Å². The third-order valence-corrected chi connectivity index (χ3v) is 2.80. The van der Waals surface area contributed by atoms with Gasteiger partial charge in [-0.2, -0.15) is 0 Å². The van der Waals surface area contributed by atoms with Crippen molar-refractivity contribution in [2.24, 2.45) is 0 Å². The minimum Gasteiger partial charge on any atom is -0.467 e. The van der Waals surface area contributed by atoms with E-state index in [4.69, 9.17) is 0 Å². The second kappa shape index (κ2) is 5.53. The SMILES string of the molecule is C=CCC1CC[C@@H](C(=O)OC)N1C(=O)OC. The Labute approximate surface area is 95.0 Å². The van der Waals surface area contributed by atoms with E-state index < -0.39 is 18.1 Å². The van der Waals surface area contributed by atoms with E-state index in [2.05, 4.69) is 16.1 Å². The van der Waals surface area contributed by atoms with Gasteiger partial charge in [-0.1, -0.05) is 6.08 Å². The minimum absolute atomic E-state index is 0.0194. The van der Waals surface area contributed by atoms with Gasteiger partial charge in [0, 0.05) is 6.04 Å². The van der Waals surface area contributed by atoms with Crippen molar-refractivity contribution in [3.63, 3.8) is 0 Å². The number of methoxy groups -OCH3 is 2. The van der Waals surface area contributed by atoms with Crippen LogP contribution in [0.1, 0.15) is 19.3 Å². The molecule has 0 bridgehead atoms. The van der Waals surface area contributed by atoms with E-state index in [-0.39, 0.29) is 6.04 Å². The lowest BCUT2D eigenvalue weighted by molar-refractivity contribution is -0.145. The molecular formula is C11H17NO4. The molecule has 0 spiro atoms. The fourth-order valence-corrected chi connectivity index (χ4v) is 2.06. The first-order chi connectivity index (χ1) is 7.65. The second-order valence-electron chi connectivity index (χ2n) is 3.67. The van der Waals surface area contributed by atoms with Crippen LogP contribution in [0.15, 0.2) is 12.7 Å². The van der Waals surface area contributed by atoms with Gasteiger partial charge in [-0.15, -0.1) is 6.58 Å². The molecule has 1 fully saturated rings. The van der Waals surface area contributed by atoms with Gasteiger partial charge in [-0.3, -0.25) is 4.90 Å². The number of esters is 1. The van der Waals surface area contributed by atoms with Gasteiger partial charge in [-0.25, -0.2) is 9.59 Å². The van der Waals surface area contributed by atoms with Crippen molar-refractivity contribution in [1.82, 2.24) is 4.90 Å². The molecule has 1 amide bonds. The number of likely N-dealkylation sites (tertiary alicyclic amines) is 1. The van der Waals surface area contributed by atoms with Gasteiger partial charge in [0.2, 0.25) is 0 Å². The fraction of sp³-hybridized carbons (Fsp3) is 0.636. The molecule has 5 heteroatoms. The Morgan fingerprint density at radius 1 is 1.38 bits per heavy atom. The van der Waals surface area contributed by atoms with E-state index in [9.17, 15) is 9.59 Å². The Hall–Kier alpha value is -1.52. The summed E-state index contributed by atoms with van der Waals surface area (Å²) < 4.78 is 9.35. The first-order valence-corrected chi connectivity index (χ1v) is 5.20. The summed E-state index contributed by atoms with van der Waals surface area (Å²) in [5.41, 5.74) is 0. The van der Waals surface area contributed by atoms with Crippen LogP contribution in [0.5, 0.6) is 0 Å². The molecule has 1 rings (SSSR count). The predicted molar refractivity (Wildman–Crippen MR) is 57.9 cm³/mol. The molecule has 90 valence electrons. The average molecular weight is 227 g/mol. The lowest BCUT2D eigenvalue weighted by Crippen LogP contribution is -2.45. The lowest BCUT2D eigenvalue weighted by atomic mass is 10.1. The molecule has 1 aliphatic heterocycles. The molecular weight excluding hydrogens is 210 g/mol. The number of hydrogen-bond acceptors (Lipinski definition) is 4. The van der Waals surface area contributed by atoms with Crippen LogP contribution in [-0.4, -0.2) is 43.3 Å². The average Bonchev–Trinajstić information content (AvgIpc) is 2.71. The van der Waals surface area contributed by atoms with Crippen molar-refractivity contribution >= 4 is 12.1 Å². The zero-order chi connectivity index (χ0) is 12.1. The summed E-state index contributed by atoms with van der Waals surface area (Å²) in [5.74, 6) is -0.392. The lowest BCUT2D eigenvalue weighted by Gasteiger charge is -2.26. The maximum absolute atomic E-state index is 11.6. The third-order valence-electron chi connectivity index (χ3n) is 2.80. The molecule has 1 aliphatic rings. The second-order valence-corrected chi connectivity index (χ2v) is 3.67. The number of carbonyl (C=O) groups excluding carboxylic acids is 2. The summed E-state index contributed by atoms with van der Waals surface area (Å²) in [5, 5.41) is 0. The van der Waals surface area contributed by atoms with Crippen molar-refractivity contribution in [2.75, 3.05) is 14.2 Å². The smallest absolute Gasteiger partial charge is 0.410 e. The first kappa shape index (κ1) is 12.5. The molecule has 1 heterocycles. The zero-order valence-corrected chi connectivity index (χ0v) is 9.64. The normalized spacial score (nSPS) is 24.0. The zero-order valence-electron chi connectivity index (χ0n) is 9.64. The molecule has 0 aromatic heterocycles. The Morgan fingerprint density at radius 3 is 2.56 bits per heavy atom. The molecule has 0 aliphatic carbocycles. The molecule has 0 aromatic rings. The van der Waals surface area contributed by atoms with E-state index in [1.807, 2.05) is 0 Å². The molecule has 5 nitrogen and oxygen atoms in total. The summed E-state index contributed by atoms with van der Waals surface area (Å²) in [7, 11) is 2.62. The highest BCUT2D eigenvalue weighted by atomic mass is 16.5. The van der Waals surface area contributed by atoms with Crippen LogP contribution >= 0.6 is 0 Å². The number of nitrogens with zero attached hydrogens (tertiary/aromatic N) is 1. The standard InChI is InChI=1S/C11H17NO4/c1-4-5-8-6-7-9(10(13)15-2)12(8)11(14)16-3/h4,8-9H,1,5-7H2,2-3H3/t8?,9-/m0/s1. The van der Waals surface area contributed by atoms with Crippen LogP contribution in [0.2, 0.25) is 0 Å². The quantitative estimate of drug-likeness (QED) is 0.539. The van der Waals surface area contributed by atoms with Crippen molar-refractivity contribution in [3.05, 3.63) is 12.7 Å². The Bertz CT molecular complexity index is 290. The van der Waals surface area contributed by atoms with Crippen LogP contribution in [0.25, 0.3) is 0 Å². The fourth-order valence-electron chi connectivity index (χ4n) is 2.06. The van der Waals surface area contributed by atoms with Gasteiger partial charge >= 0.3 is 12.1 Å². The number of carbonyl (C=O) groups is 2. The number of ether oxygens (including phenoxy) is 2. The number of rotatable bonds is 3. The molecule has 1 unspecified atom stereocenters. The summed E-state index contributed by atoms with van der Waals surface area (Å²) in [6.45, 7) is 3.64. The van der Waals surface area contributed by atoms with E-state index in [1.165, 1.54) is 19.1 Å². The van der Waals surface area contributed by atoms with Crippen molar-refractivity contribution in [3.8, 4) is 0 Å². The van der Waals surface area contributed by atoms with Crippen molar-refractivity contribution < 1.29 is 19.1 Å². The van der Waals surface area contributed by atoms with E-state index in [0.717, 1.165) is 6.42 Å². The maximum Gasteiger partial charge on any atom is 0.410 e. The van der Waals surface area contributed by atoms with Crippen LogP contribution in [0.3, 0.4) is 0 Å². The third kappa shape index (κ3) is 2.35. The molecule has 16 heavy (non-hydrogen) atoms.